The van der Waals surface area contributed by atoms with Crippen LogP contribution in [0.15, 0.2) is 36.9 Å². The lowest BCUT2D eigenvalue weighted by atomic mass is 10.0. The molecule has 2 aromatic heterocycles. The molecule has 3 aromatic rings. The summed E-state index contributed by atoms with van der Waals surface area (Å²) in [5, 5.41) is 22.0. The highest BCUT2D eigenvalue weighted by molar-refractivity contribution is 5.97. The number of hydrogen-bond acceptors (Lipinski definition) is 8. The summed E-state index contributed by atoms with van der Waals surface area (Å²) in [6.45, 7) is 3.77. The number of nitrogens with one attached hydrogen (secondary N) is 1. The van der Waals surface area contributed by atoms with E-state index in [4.69, 9.17) is 9.47 Å². The molecule has 1 aliphatic rings. The van der Waals surface area contributed by atoms with Gasteiger partial charge in [0.05, 0.1) is 19.0 Å². The second-order valence-corrected chi connectivity index (χ2v) is 7.72. The van der Waals surface area contributed by atoms with E-state index in [-0.39, 0.29) is 24.9 Å². The van der Waals surface area contributed by atoms with Crippen molar-refractivity contribution in [2.24, 2.45) is 0 Å². The van der Waals surface area contributed by atoms with E-state index < -0.39 is 18.4 Å². The number of ether oxygens (including phenoxy) is 2. The third-order valence-corrected chi connectivity index (χ3v) is 5.23. The molecule has 1 saturated heterocycles. The molecule has 0 unspecified atom stereocenters. The summed E-state index contributed by atoms with van der Waals surface area (Å²) in [7, 11) is 0. The number of fused-ring (bicyclic) bond motifs is 1. The van der Waals surface area contributed by atoms with Crippen LogP contribution in [0.25, 0.3) is 11.2 Å². The lowest BCUT2D eigenvalue weighted by molar-refractivity contribution is -0.118. The van der Waals surface area contributed by atoms with Crippen LogP contribution in [0.2, 0.25) is 0 Å². The minimum atomic E-state index is -0.778. The van der Waals surface area contributed by atoms with E-state index in [9.17, 15) is 15.0 Å². The Hall–Kier alpha value is -3.08. The number of imidazole rings is 1. The fourth-order valence-corrected chi connectivity index (χ4v) is 3.47. The number of carbonyl (C=O) groups excluding carboxylic acids is 1. The summed E-state index contributed by atoms with van der Waals surface area (Å²) in [6, 6.07) is 7.62. The molecule has 4 rings (SSSR count). The highest BCUT2D eigenvalue weighted by atomic mass is 16.5. The first-order valence-electron chi connectivity index (χ1n) is 10.1. The number of anilines is 1. The van der Waals surface area contributed by atoms with Crippen LogP contribution in [0, 0.1) is 0 Å². The number of amides is 1. The van der Waals surface area contributed by atoms with E-state index in [0.717, 1.165) is 0 Å². The second-order valence-electron chi connectivity index (χ2n) is 7.72. The van der Waals surface area contributed by atoms with Crippen LogP contribution in [-0.2, 0) is 9.53 Å². The van der Waals surface area contributed by atoms with Gasteiger partial charge in [-0.1, -0.05) is 26.0 Å². The second kappa shape index (κ2) is 8.96. The van der Waals surface area contributed by atoms with Crippen LogP contribution >= 0.6 is 0 Å². The normalized spacial score (nSPS) is 21.0. The van der Waals surface area contributed by atoms with E-state index in [0.29, 0.717) is 29.3 Å². The summed E-state index contributed by atoms with van der Waals surface area (Å²) in [5.74, 6) is 0.900. The summed E-state index contributed by atoms with van der Waals surface area (Å²) >= 11 is 0. The van der Waals surface area contributed by atoms with Gasteiger partial charge in [0.2, 0.25) is 0 Å². The maximum atomic E-state index is 12.4. The van der Waals surface area contributed by atoms with Gasteiger partial charge >= 0.3 is 0 Å². The molecule has 1 aromatic carbocycles. The molecule has 10 heteroatoms. The fraction of sp³-hybridized carbons (Fsp3) is 0.429. The predicted octanol–water partition coefficient (Wildman–Crippen LogP) is 1.61. The molecular weight excluding hydrogens is 402 g/mol. The summed E-state index contributed by atoms with van der Waals surface area (Å²) in [4.78, 5) is 25.0. The largest absolute Gasteiger partial charge is 0.484 e. The Kier molecular flexibility index (Phi) is 6.12. The summed E-state index contributed by atoms with van der Waals surface area (Å²) < 4.78 is 12.9. The van der Waals surface area contributed by atoms with Crippen LogP contribution in [0.5, 0.6) is 5.75 Å². The molecule has 1 amide bonds. The first-order valence-corrected chi connectivity index (χ1v) is 10.1. The molecule has 0 bridgehead atoms. The Labute approximate surface area is 178 Å². The van der Waals surface area contributed by atoms with Crippen molar-refractivity contribution in [2.75, 3.05) is 18.5 Å². The first kappa shape index (κ1) is 21.2. The smallest absolute Gasteiger partial charge is 0.263 e. The van der Waals surface area contributed by atoms with Crippen LogP contribution in [-0.4, -0.2) is 61.1 Å². The maximum Gasteiger partial charge on any atom is 0.263 e. The maximum absolute atomic E-state index is 12.4. The monoisotopic (exact) mass is 427 g/mol. The van der Waals surface area contributed by atoms with Crippen LogP contribution < -0.4 is 10.1 Å². The minimum absolute atomic E-state index is 0.177. The standard InChI is InChI=1S/C21H25N5O5/c1-12(2)13-3-5-14(6-4-13)30-9-17(29)25-20-19-21(23-10-22-20)26(11-24-19)18-7-15(28)16(8-27)31-18/h3-6,10-12,15-16,18,27-28H,7-9H2,1-2H3,(H,22,23,25,29)/t15-,16+,18+/m0/s1. The zero-order valence-electron chi connectivity index (χ0n) is 17.3. The number of nitrogens with zero attached hydrogens (tertiary/aromatic N) is 4. The van der Waals surface area contributed by atoms with Gasteiger partial charge in [0.1, 0.15) is 24.4 Å². The molecule has 1 aliphatic heterocycles. The van der Waals surface area contributed by atoms with Gasteiger partial charge in [-0.3, -0.25) is 9.36 Å². The average Bonchev–Trinajstić information content (AvgIpc) is 3.36. The van der Waals surface area contributed by atoms with Gasteiger partial charge in [-0.25, -0.2) is 15.0 Å². The Balaban J connectivity index is 1.43. The van der Waals surface area contributed by atoms with E-state index in [1.165, 1.54) is 18.2 Å². The third-order valence-electron chi connectivity index (χ3n) is 5.23. The first-order chi connectivity index (χ1) is 15.0. The minimum Gasteiger partial charge on any atom is -0.484 e. The molecule has 3 N–H and O–H groups in total. The number of carbonyl (C=O) groups is 1. The number of aliphatic hydroxyl groups is 2. The van der Waals surface area contributed by atoms with Gasteiger partial charge in [0, 0.05) is 6.42 Å². The molecule has 3 heterocycles. The van der Waals surface area contributed by atoms with E-state index >= 15 is 0 Å². The van der Waals surface area contributed by atoms with Gasteiger partial charge in [-0.05, 0) is 23.6 Å². The van der Waals surface area contributed by atoms with Crippen LogP contribution in [0.4, 0.5) is 5.82 Å². The van der Waals surface area contributed by atoms with E-state index in [1.54, 1.807) is 4.57 Å². The fourth-order valence-electron chi connectivity index (χ4n) is 3.47. The van der Waals surface area contributed by atoms with Gasteiger partial charge in [-0.2, -0.15) is 0 Å². The van der Waals surface area contributed by atoms with Crippen molar-refractivity contribution >= 4 is 22.9 Å². The number of rotatable bonds is 7. The molecule has 31 heavy (non-hydrogen) atoms. The molecule has 0 aliphatic carbocycles. The molecule has 0 spiro atoms. The summed E-state index contributed by atoms with van der Waals surface area (Å²) in [6.07, 6.45) is 1.17. The Bertz CT molecular complexity index is 1050. The van der Waals surface area contributed by atoms with Gasteiger partial charge in [0.15, 0.2) is 23.6 Å². The lowest BCUT2D eigenvalue weighted by Gasteiger charge is -2.13. The lowest BCUT2D eigenvalue weighted by Crippen LogP contribution is -2.24. The SMILES string of the molecule is CC(C)c1ccc(OCC(=O)Nc2ncnc3c2ncn3[C@H]2C[C@H](O)[C@@H](CO)O2)cc1. The quantitative estimate of drug-likeness (QED) is 0.518. The van der Waals surface area contributed by atoms with E-state index in [1.807, 2.05) is 24.3 Å². The van der Waals surface area contributed by atoms with Crippen molar-refractivity contribution in [3.63, 3.8) is 0 Å². The average molecular weight is 427 g/mol. The number of benzene rings is 1. The topological polar surface area (TPSA) is 132 Å². The Morgan fingerprint density at radius 2 is 2.06 bits per heavy atom. The van der Waals surface area contributed by atoms with Crippen molar-refractivity contribution < 1.29 is 24.5 Å². The molecule has 3 atom stereocenters. The molecule has 164 valence electrons. The highest BCUT2D eigenvalue weighted by Crippen LogP contribution is 2.31. The van der Waals surface area contributed by atoms with Gasteiger partial charge in [0.25, 0.3) is 5.91 Å². The van der Waals surface area contributed by atoms with Crippen LogP contribution in [0.3, 0.4) is 0 Å². The molecular formula is C21H25N5O5. The Morgan fingerprint density at radius 1 is 1.29 bits per heavy atom. The van der Waals surface area contributed by atoms with Crippen molar-refractivity contribution in [1.29, 1.82) is 0 Å². The Morgan fingerprint density at radius 3 is 2.74 bits per heavy atom. The molecule has 1 fully saturated rings. The molecule has 0 radical (unpaired) electrons. The van der Waals surface area contributed by atoms with Crippen molar-refractivity contribution in [1.82, 2.24) is 19.5 Å². The molecule has 10 nitrogen and oxygen atoms in total. The van der Waals surface area contributed by atoms with E-state index in [2.05, 4.69) is 34.1 Å². The number of aliphatic hydroxyl groups excluding tert-OH is 2. The van der Waals surface area contributed by atoms with Gasteiger partial charge in [-0.15, -0.1) is 0 Å². The van der Waals surface area contributed by atoms with Crippen molar-refractivity contribution in [2.45, 2.75) is 44.6 Å². The zero-order valence-corrected chi connectivity index (χ0v) is 17.3. The molecule has 0 saturated carbocycles. The third kappa shape index (κ3) is 4.50. The van der Waals surface area contributed by atoms with Crippen molar-refractivity contribution in [3.05, 3.63) is 42.5 Å². The van der Waals surface area contributed by atoms with Crippen LogP contribution in [0.1, 0.15) is 38.0 Å². The summed E-state index contributed by atoms with van der Waals surface area (Å²) in [5.41, 5.74) is 2.04. The highest BCUT2D eigenvalue weighted by Gasteiger charge is 2.35. The number of hydrogen-bond donors (Lipinski definition) is 3. The zero-order chi connectivity index (χ0) is 22.0. The van der Waals surface area contributed by atoms with Crippen molar-refractivity contribution in [3.8, 4) is 5.75 Å². The predicted molar refractivity (Wildman–Crippen MR) is 112 cm³/mol. The van der Waals surface area contributed by atoms with Gasteiger partial charge < -0.3 is 25.0 Å². The number of aromatic nitrogens is 4.